The Bertz CT molecular complexity index is 398. The summed E-state index contributed by atoms with van der Waals surface area (Å²) in [4.78, 5) is 2.22. The van der Waals surface area contributed by atoms with Gasteiger partial charge in [-0.15, -0.1) is 0 Å². The van der Waals surface area contributed by atoms with Crippen molar-refractivity contribution in [2.45, 2.75) is 13.5 Å². The lowest BCUT2D eigenvalue weighted by atomic mass is 10.1. The largest absolute Gasteiger partial charge is 0.496 e. The third kappa shape index (κ3) is 3.74. The van der Waals surface area contributed by atoms with Crippen LogP contribution < -0.4 is 10.5 Å². The molecule has 0 atom stereocenters. The molecular formula is C13H19N3O. The fraction of sp³-hybridized carbons (Fsp3) is 0.462. The van der Waals surface area contributed by atoms with E-state index in [-0.39, 0.29) is 0 Å². The van der Waals surface area contributed by atoms with Gasteiger partial charge in [0.25, 0.3) is 0 Å². The molecule has 0 radical (unpaired) electrons. The number of likely N-dealkylation sites (N-methyl/N-ethyl adjacent to an activating group) is 1. The molecule has 0 fully saturated rings. The molecule has 0 aliphatic rings. The first-order chi connectivity index (χ1) is 8.24. The van der Waals surface area contributed by atoms with Crippen LogP contribution >= 0.6 is 0 Å². The highest BCUT2D eigenvalue weighted by Gasteiger charge is 2.08. The number of hydrogen-bond acceptors (Lipinski definition) is 4. The first-order valence-electron chi connectivity index (χ1n) is 5.74. The number of nitrogens with zero attached hydrogens (tertiary/aromatic N) is 2. The van der Waals surface area contributed by atoms with Crippen LogP contribution in [-0.2, 0) is 6.54 Å². The Balaban J connectivity index is 2.90. The Morgan fingerprint density at radius 1 is 1.47 bits per heavy atom. The number of nitriles is 1. The van der Waals surface area contributed by atoms with E-state index in [0.717, 1.165) is 30.9 Å². The Hall–Kier alpha value is -1.57. The van der Waals surface area contributed by atoms with Crippen molar-refractivity contribution in [3.8, 4) is 11.8 Å². The molecule has 92 valence electrons. The van der Waals surface area contributed by atoms with E-state index in [4.69, 9.17) is 15.7 Å². The summed E-state index contributed by atoms with van der Waals surface area (Å²) in [5, 5.41) is 8.90. The molecule has 0 aromatic heterocycles. The number of methoxy groups -OCH3 is 1. The minimum Gasteiger partial charge on any atom is -0.496 e. The van der Waals surface area contributed by atoms with E-state index < -0.39 is 0 Å². The van der Waals surface area contributed by atoms with E-state index in [1.807, 2.05) is 12.1 Å². The van der Waals surface area contributed by atoms with E-state index in [2.05, 4.69) is 17.9 Å². The SMILES string of the molecule is CCN(CCN)Cc1cc(C#N)ccc1OC. The Morgan fingerprint density at radius 3 is 2.76 bits per heavy atom. The molecule has 0 amide bonds. The van der Waals surface area contributed by atoms with Crippen LogP contribution in [0.5, 0.6) is 5.75 Å². The van der Waals surface area contributed by atoms with Crippen molar-refractivity contribution in [3.05, 3.63) is 29.3 Å². The van der Waals surface area contributed by atoms with Crippen molar-refractivity contribution in [1.29, 1.82) is 5.26 Å². The highest BCUT2D eigenvalue weighted by Crippen LogP contribution is 2.21. The molecule has 0 aliphatic heterocycles. The van der Waals surface area contributed by atoms with Gasteiger partial charge in [-0.25, -0.2) is 0 Å². The molecule has 2 N–H and O–H groups in total. The highest BCUT2D eigenvalue weighted by molar-refractivity contribution is 5.42. The van der Waals surface area contributed by atoms with Gasteiger partial charge in [0, 0.05) is 25.2 Å². The summed E-state index contributed by atoms with van der Waals surface area (Å²) in [7, 11) is 1.64. The van der Waals surface area contributed by atoms with Crippen molar-refractivity contribution < 1.29 is 4.74 Å². The Kier molecular flexibility index (Phi) is 5.47. The van der Waals surface area contributed by atoms with Crippen molar-refractivity contribution >= 4 is 0 Å². The van der Waals surface area contributed by atoms with E-state index in [1.165, 1.54) is 0 Å². The van der Waals surface area contributed by atoms with Crippen LogP contribution in [0.25, 0.3) is 0 Å². The monoisotopic (exact) mass is 233 g/mol. The first kappa shape index (κ1) is 13.5. The van der Waals surface area contributed by atoms with Gasteiger partial charge in [0.2, 0.25) is 0 Å². The van der Waals surface area contributed by atoms with Gasteiger partial charge in [0.1, 0.15) is 5.75 Å². The van der Waals surface area contributed by atoms with Gasteiger partial charge in [-0.1, -0.05) is 6.92 Å². The topological polar surface area (TPSA) is 62.3 Å². The number of hydrogen-bond donors (Lipinski definition) is 1. The van der Waals surface area contributed by atoms with E-state index >= 15 is 0 Å². The van der Waals surface area contributed by atoms with Crippen LogP contribution in [0.15, 0.2) is 18.2 Å². The lowest BCUT2D eigenvalue weighted by Crippen LogP contribution is -2.29. The second kappa shape index (κ2) is 6.89. The normalized spacial score (nSPS) is 10.3. The highest BCUT2D eigenvalue weighted by atomic mass is 16.5. The van der Waals surface area contributed by atoms with Gasteiger partial charge in [-0.05, 0) is 24.7 Å². The molecule has 4 nitrogen and oxygen atoms in total. The summed E-state index contributed by atoms with van der Waals surface area (Å²) in [5.74, 6) is 0.819. The number of benzene rings is 1. The summed E-state index contributed by atoms with van der Waals surface area (Å²) in [6.07, 6.45) is 0. The van der Waals surface area contributed by atoms with Crippen molar-refractivity contribution in [3.63, 3.8) is 0 Å². The summed E-state index contributed by atoms with van der Waals surface area (Å²) < 4.78 is 5.30. The molecule has 1 aromatic rings. The maximum absolute atomic E-state index is 8.90. The van der Waals surface area contributed by atoms with Crippen LogP contribution in [-0.4, -0.2) is 31.6 Å². The minimum absolute atomic E-state index is 0.633. The van der Waals surface area contributed by atoms with Gasteiger partial charge < -0.3 is 10.5 Å². The van der Waals surface area contributed by atoms with Crippen LogP contribution in [0.2, 0.25) is 0 Å². The zero-order chi connectivity index (χ0) is 12.7. The third-order valence-corrected chi connectivity index (χ3v) is 2.70. The smallest absolute Gasteiger partial charge is 0.123 e. The van der Waals surface area contributed by atoms with Crippen LogP contribution in [0.1, 0.15) is 18.1 Å². The summed E-state index contributed by atoms with van der Waals surface area (Å²) in [5.41, 5.74) is 7.25. The maximum Gasteiger partial charge on any atom is 0.123 e. The van der Waals surface area contributed by atoms with Crippen molar-refractivity contribution in [1.82, 2.24) is 4.90 Å². The fourth-order valence-corrected chi connectivity index (χ4v) is 1.74. The molecule has 0 unspecified atom stereocenters. The van der Waals surface area contributed by atoms with E-state index in [1.54, 1.807) is 13.2 Å². The summed E-state index contributed by atoms with van der Waals surface area (Å²) >= 11 is 0. The molecule has 0 spiro atoms. The average Bonchev–Trinajstić information content (AvgIpc) is 2.38. The molecule has 0 heterocycles. The summed E-state index contributed by atoms with van der Waals surface area (Å²) in [6.45, 7) is 5.25. The van der Waals surface area contributed by atoms with Gasteiger partial charge >= 0.3 is 0 Å². The lowest BCUT2D eigenvalue weighted by molar-refractivity contribution is 0.282. The first-order valence-corrected chi connectivity index (χ1v) is 5.74. The number of nitrogens with two attached hydrogens (primary N) is 1. The molecule has 1 aromatic carbocycles. The van der Waals surface area contributed by atoms with Gasteiger partial charge in [0.15, 0.2) is 0 Å². The fourth-order valence-electron chi connectivity index (χ4n) is 1.74. The average molecular weight is 233 g/mol. The molecule has 4 heteroatoms. The molecule has 0 saturated carbocycles. The lowest BCUT2D eigenvalue weighted by Gasteiger charge is -2.20. The second-order valence-electron chi connectivity index (χ2n) is 3.80. The number of rotatable bonds is 6. The number of ether oxygens (including phenoxy) is 1. The Morgan fingerprint density at radius 2 is 2.24 bits per heavy atom. The van der Waals surface area contributed by atoms with Gasteiger partial charge in [-0.2, -0.15) is 5.26 Å². The van der Waals surface area contributed by atoms with Crippen molar-refractivity contribution in [2.24, 2.45) is 5.73 Å². The van der Waals surface area contributed by atoms with Crippen LogP contribution in [0.3, 0.4) is 0 Å². The zero-order valence-electron chi connectivity index (χ0n) is 10.4. The standard InChI is InChI=1S/C13H19N3O/c1-3-16(7-6-14)10-12-8-11(9-15)4-5-13(12)17-2/h4-5,8H,3,6-7,10,14H2,1-2H3. The second-order valence-corrected chi connectivity index (χ2v) is 3.80. The zero-order valence-corrected chi connectivity index (χ0v) is 10.4. The van der Waals surface area contributed by atoms with Gasteiger partial charge in [0.05, 0.1) is 18.7 Å². The third-order valence-electron chi connectivity index (χ3n) is 2.70. The van der Waals surface area contributed by atoms with Crippen LogP contribution in [0, 0.1) is 11.3 Å². The quantitative estimate of drug-likeness (QED) is 0.805. The van der Waals surface area contributed by atoms with Gasteiger partial charge in [-0.3, -0.25) is 4.90 Å². The Labute approximate surface area is 103 Å². The minimum atomic E-state index is 0.633. The predicted octanol–water partition coefficient (Wildman–Crippen LogP) is 1.35. The molecule has 0 bridgehead atoms. The maximum atomic E-state index is 8.90. The van der Waals surface area contributed by atoms with Crippen molar-refractivity contribution in [2.75, 3.05) is 26.7 Å². The summed E-state index contributed by atoms with van der Waals surface area (Å²) in [6, 6.07) is 7.62. The predicted molar refractivity (Wildman–Crippen MR) is 67.7 cm³/mol. The van der Waals surface area contributed by atoms with Crippen LogP contribution in [0.4, 0.5) is 0 Å². The molecule has 17 heavy (non-hydrogen) atoms. The van der Waals surface area contributed by atoms with E-state index in [9.17, 15) is 0 Å². The molecular weight excluding hydrogens is 214 g/mol. The molecule has 1 rings (SSSR count). The van der Waals surface area contributed by atoms with E-state index in [0.29, 0.717) is 12.1 Å². The molecule has 0 aliphatic carbocycles. The molecule has 0 saturated heterocycles.